The predicted octanol–water partition coefficient (Wildman–Crippen LogP) is 4.58. The van der Waals surface area contributed by atoms with Crippen LogP contribution in [-0.4, -0.2) is 5.91 Å². The van der Waals surface area contributed by atoms with Crippen LogP contribution in [0.4, 0.5) is 11.4 Å². The normalized spacial score (nSPS) is 28.7. The van der Waals surface area contributed by atoms with E-state index in [2.05, 4.69) is 21.2 Å². The Labute approximate surface area is 134 Å². The summed E-state index contributed by atoms with van der Waals surface area (Å²) in [5, 5.41) is 3.05. The summed E-state index contributed by atoms with van der Waals surface area (Å²) in [6.45, 7) is 0. The first-order chi connectivity index (χ1) is 10.1. The number of fused-ring (bicyclic) bond motifs is 1. The van der Waals surface area contributed by atoms with Gasteiger partial charge in [-0.3, -0.25) is 4.79 Å². The van der Waals surface area contributed by atoms with Gasteiger partial charge in [-0.1, -0.05) is 25.7 Å². The molecular formula is C17H23BrN2O. The molecule has 1 aromatic carbocycles. The molecule has 0 bridgehead atoms. The molecule has 2 fully saturated rings. The largest absolute Gasteiger partial charge is 0.398 e. The molecule has 1 amide bonds. The quantitative estimate of drug-likeness (QED) is 0.767. The molecule has 21 heavy (non-hydrogen) atoms. The van der Waals surface area contributed by atoms with Crippen molar-refractivity contribution in [3.63, 3.8) is 0 Å². The maximum Gasteiger partial charge on any atom is 0.227 e. The van der Waals surface area contributed by atoms with Crippen LogP contribution < -0.4 is 11.1 Å². The zero-order valence-corrected chi connectivity index (χ0v) is 13.9. The summed E-state index contributed by atoms with van der Waals surface area (Å²) >= 11 is 3.40. The van der Waals surface area contributed by atoms with E-state index in [0.717, 1.165) is 34.8 Å². The molecule has 0 aromatic heterocycles. The van der Waals surface area contributed by atoms with E-state index < -0.39 is 0 Å². The Kier molecular flexibility index (Phi) is 4.53. The van der Waals surface area contributed by atoms with E-state index in [-0.39, 0.29) is 11.8 Å². The minimum Gasteiger partial charge on any atom is -0.398 e. The number of anilines is 2. The summed E-state index contributed by atoms with van der Waals surface area (Å²) in [7, 11) is 0. The van der Waals surface area contributed by atoms with E-state index in [0.29, 0.717) is 5.69 Å². The molecule has 3 atom stereocenters. The van der Waals surface area contributed by atoms with Crippen molar-refractivity contribution in [2.45, 2.75) is 44.9 Å². The molecule has 1 aromatic rings. The minimum absolute atomic E-state index is 0.177. The molecule has 2 saturated carbocycles. The molecule has 4 heteroatoms. The lowest BCUT2D eigenvalue weighted by molar-refractivity contribution is -0.122. The van der Waals surface area contributed by atoms with Gasteiger partial charge >= 0.3 is 0 Å². The molecular weight excluding hydrogens is 328 g/mol. The van der Waals surface area contributed by atoms with Gasteiger partial charge in [-0.15, -0.1) is 0 Å². The molecule has 3 N–H and O–H groups in total. The van der Waals surface area contributed by atoms with Crippen molar-refractivity contribution < 1.29 is 4.79 Å². The van der Waals surface area contributed by atoms with E-state index in [1.165, 1.54) is 32.1 Å². The average molecular weight is 351 g/mol. The molecule has 2 aliphatic rings. The fourth-order valence-corrected chi connectivity index (χ4v) is 4.34. The Morgan fingerprint density at radius 3 is 2.67 bits per heavy atom. The van der Waals surface area contributed by atoms with Gasteiger partial charge < -0.3 is 11.1 Å². The second kappa shape index (κ2) is 6.39. The van der Waals surface area contributed by atoms with Gasteiger partial charge in [0, 0.05) is 21.8 Å². The second-order valence-corrected chi connectivity index (χ2v) is 7.39. The first-order valence-corrected chi connectivity index (χ1v) is 8.78. The number of carbonyl (C=O) groups excluding carboxylic acids is 1. The van der Waals surface area contributed by atoms with Gasteiger partial charge in [-0.2, -0.15) is 0 Å². The fraction of sp³-hybridized carbons (Fsp3) is 0.588. The van der Waals surface area contributed by atoms with Gasteiger partial charge in [0.05, 0.1) is 0 Å². The summed E-state index contributed by atoms with van der Waals surface area (Å²) in [6.07, 6.45) is 8.79. The maximum atomic E-state index is 12.5. The number of rotatable bonds is 2. The Hall–Kier alpha value is -1.03. The fourth-order valence-electron chi connectivity index (χ4n) is 3.96. The molecule has 2 aliphatic carbocycles. The topological polar surface area (TPSA) is 55.1 Å². The zero-order valence-electron chi connectivity index (χ0n) is 12.3. The van der Waals surface area contributed by atoms with E-state index in [1.807, 2.05) is 18.2 Å². The van der Waals surface area contributed by atoms with Crippen LogP contribution in [0.2, 0.25) is 0 Å². The molecule has 3 nitrogen and oxygen atoms in total. The van der Waals surface area contributed by atoms with E-state index in [4.69, 9.17) is 5.73 Å². The number of halogens is 1. The summed E-state index contributed by atoms with van der Waals surface area (Å²) < 4.78 is 0.830. The van der Waals surface area contributed by atoms with Gasteiger partial charge in [0.2, 0.25) is 5.91 Å². The first-order valence-electron chi connectivity index (χ1n) is 7.99. The van der Waals surface area contributed by atoms with Crippen molar-refractivity contribution in [3.05, 3.63) is 22.7 Å². The molecule has 0 saturated heterocycles. The minimum atomic E-state index is 0.177. The number of benzene rings is 1. The van der Waals surface area contributed by atoms with Crippen LogP contribution in [0.15, 0.2) is 22.7 Å². The number of amides is 1. The van der Waals surface area contributed by atoms with Crippen LogP contribution in [0.25, 0.3) is 0 Å². The van der Waals surface area contributed by atoms with Crippen molar-refractivity contribution in [2.24, 2.45) is 17.8 Å². The highest BCUT2D eigenvalue weighted by molar-refractivity contribution is 9.10. The van der Waals surface area contributed by atoms with E-state index >= 15 is 0 Å². The smallest absolute Gasteiger partial charge is 0.227 e. The van der Waals surface area contributed by atoms with Crippen molar-refractivity contribution in [2.75, 3.05) is 11.1 Å². The summed E-state index contributed by atoms with van der Waals surface area (Å²) in [5.74, 6) is 2.02. The highest BCUT2D eigenvalue weighted by atomic mass is 79.9. The van der Waals surface area contributed by atoms with Crippen LogP contribution in [0.5, 0.6) is 0 Å². The van der Waals surface area contributed by atoms with Crippen LogP contribution in [0.1, 0.15) is 44.9 Å². The summed E-state index contributed by atoms with van der Waals surface area (Å²) in [6, 6.07) is 5.56. The molecule has 0 heterocycles. The Morgan fingerprint density at radius 2 is 1.90 bits per heavy atom. The average Bonchev–Trinajstić information content (AvgIpc) is 2.50. The Morgan fingerprint density at radius 1 is 1.14 bits per heavy atom. The summed E-state index contributed by atoms with van der Waals surface area (Å²) in [5.41, 5.74) is 7.29. The molecule has 3 unspecified atom stereocenters. The number of hydrogen-bond donors (Lipinski definition) is 2. The third kappa shape index (κ3) is 3.42. The number of nitrogens with two attached hydrogens (primary N) is 1. The third-order valence-corrected chi connectivity index (χ3v) is 5.87. The SMILES string of the molecule is Nc1ccc(NC(=O)C2CCC3CCCCC3C2)cc1Br. The molecule has 114 valence electrons. The van der Waals surface area contributed by atoms with Crippen LogP contribution in [-0.2, 0) is 4.79 Å². The van der Waals surface area contributed by atoms with Gasteiger partial charge in [-0.05, 0) is 65.2 Å². The van der Waals surface area contributed by atoms with Crippen molar-refractivity contribution in [1.29, 1.82) is 0 Å². The monoisotopic (exact) mass is 350 g/mol. The zero-order chi connectivity index (χ0) is 14.8. The lowest BCUT2D eigenvalue weighted by Gasteiger charge is -2.38. The van der Waals surface area contributed by atoms with Gasteiger partial charge in [0.1, 0.15) is 0 Å². The second-order valence-electron chi connectivity index (χ2n) is 6.54. The number of carbonyl (C=O) groups is 1. The first kappa shape index (κ1) is 14.9. The van der Waals surface area contributed by atoms with Crippen molar-refractivity contribution in [1.82, 2.24) is 0 Å². The third-order valence-electron chi connectivity index (χ3n) is 5.18. The lowest BCUT2D eigenvalue weighted by atomic mass is 9.67. The van der Waals surface area contributed by atoms with Gasteiger partial charge in [0.25, 0.3) is 0 Å². The Balaban J connectivity index is 1.61. The lowest BCUT2D eigenvalue weighted by Crippen LogP contribution is -2.33. The van der Waals surface area contributed by atoms with Crippen molar-refractivity contribution in [3.8, 4) is 0 Å². The molecule has 0 radical (unpaired) electrons. The van der Waals surface area contributed by atoms with Crippen LogP contribution in [0.3, 0.4) is 0 Å². The van der Waals surface area contributed by atoms with Crippen LogP contribution in [0, 0.1) is 17.8 Å². The molecule has 0 aliphatic heterocycles. The number of nitrogens with one attached hydrogen (secondary N) is 1. The number of hydrogen-bond acceptors (Lipinski definition) is 2. The van der Waals surface area contributed by atoms with Gasteiger partial charge in [0.15, 0.2) is 0 Å². The highest BCUT2D eigenvalue weighted by Crippen LogP contribution is 2.43. The highest BCUT2D eigenvalue weighted by Gasteiger charge is 2.34. The van der Waals surface area contributed by atoms with Crippen LogP contribution >= 0.6 is 15.9 Å². The van der Waals surface area contributed by atoms with Crippen molar-refractivity contribution >= 4 is 33.2 Å². The molecule has 3 rings (SSSR count). The molecule has 0 spiro atoms. The van der Waals surface area contributed by atoms with E-state index in [1.54, 1.807) is 0 Å². The summed E-state index contributed by atoms with van der Waals surface area (Å²) in [4.78, 5) is 12.5. The predicted molar refractivity (Wildman–Crippen MR) is 90.0 cm³/mol. The maximum absolute atomic E-state index is 12.5. The number of nitrogen functional groups attached to an aromatic ring is 1. The van der Waals surface area contributed by atoms with Gasteiger partial charge in [-0.25, -0.2) is 0 Å². The standard InChI is InChI=1S/C17H23BrN2O/c18-15-10-14(7-8-16(15)19)20-17(21)13-6-5-11-3-1-2-4-12(11)9-13/h7-8,10-13H,1-6,9,19H2,(H,20,21). The Bertz CT molecular complexity index is 532. The van der Waals surface area contributed by atoms with E-state index in [9.17, 15) is 4.79 Å².